The number of hydrogen-bond donors (Lipinski definition) is 2. The van der Waals surface area contributed by atoms with Gasteiger partial charge in [0.05, 0.1) is 17.2 Å². The van der Waals surface area contributed by atoms with Gasteiger partial charge in [0.25, 0.3) is 11.8 Å². The van der Waals surface area contributed by atoms with Crippen LogP contribution in [0, 0.1) is 0 Å². The second-order valence-electron chi connectivity index (χ2n) is 5.63. The topological polar surface area (TPSA) is 94.9 Å². The number of aliphatic hydroxyl groups excluding tert-OH is 1. The van der Waals surface area contributed by atoms with Crippen LogP contribution in [0.25, 0.3) is 11.1 Å². The van der Waals surface area contributed by atoms with Crippen LogP contribution in [-0.4, -0.2) is 45.0 Å². The van der Waals surface area contributed by atoms with Crippen LogP contribution in [0.3, 0.4) is 0 Å². The van der Waals surface area contributed by atoms with Crippen molar-refractivity contribution >= 4 is 17.8 Å². The summed E-state index contributed by atoms with van der Waals surface area (Å²) in [4.78, 5) is 37.0. The lowest BCUT2D eigenvalue weighted by Crippen LogP contribution is -2.50. The molecule has 0 saturated carbocycles. The van der Waals surface area contributed by atoms with Gasteiger partial charge < -0.3 is 10.2 Å². The fraction of sp³-hybridized carbons (Fsp3) is 0.167. The van der Waals surface area contributed by atoms with Crippen LogP contribution in [-0.2, 0) is 4.79 Å². The summed E-state index contributed by atoms with van der Waals surface area (Å²) < 4.78 is 0. The lowest BCUT2D eigenvalue weighted by molar-refractivity contribution is -0.145. The Bertz CT molecular complexity index is 829. The minimum absolute atomic E-state index is 0.145. The van der Waals surface area contributed by atoms with E-state index < -0.39 is 29.9 Å². The van der Waals surface area contributed by atoms with Gasteiger partial charge in [-0.25, -0.2) is 4.79 Å². The minimum Gasteiger partial charge on any atom is -0.480 e. The molecule has 2 aromatic rings. The Labute approximate surface area is 138 Å². The van der Waals surface area contributed by atoms with E-state index in [-0.39, 0.29) is 11.1 Å². The zero-order valence-corrected chi connectivity index (χ0v) is 12.8. The summed E-state index contributed by atoms with van der Waals surface area (Å²) in [5, 5.41) is 18.9. The van der Waals surface area contributed by atoms with Crippen molar-refractivity contribution in [1.82, 2.24) is 4.90 Å². The highest BCUT2D eigenvalue weighted by atomic mass is 16.4. The smallest absolute Gasteiger partial charge is 0.329 e. The van der Waals surface area contributed by atoms with Crippen molar-refractivity contribution in [3.05, 3.63) is 59.7 Å². The van der Waals surface area contributed by atoms with Gasteiger partial charge in [-0.2, -0.15) is 0 Å². The third-order valence-corrected chi connectivity index (χ3v) is 4.01. The summed E-state index contributed by atoms with van der Waals surface area (Å²) in [6.07, 6.45) is -1.38. The number of aliphatic carboxylic acids is 1. The second-order valence-corrected chi connectivity index (χ2v) is 5.63. The fourth-order valence-corrected chi connectivity index (χ4v) is 2.85. The maximum absolute atomic E-state index is 12.6. The average molecular weight is 325 g/mol. The summed E-state index contributed by atoms with van der Waals surface area (Å²) in [7, 11) is 0. The Hall–Kier alpha value is -2.99. The third kappa shape index (κ3) is 2.47. The number of fused-ring (bicyclic) bond motifs is 1. The number of aliphatic hydroxyl groups is 1. The SMILES string of the molecule is C[C@@H](O)[C@@H](C(=O)O)N1C(=O)c2ccc(-c3ccccc3)cc2C1=O. The molecule has 1 aliphatic rings. The van der Waals surface area contributed by atoms with E-state index >= 15 is 0 Å². The number of carboxylic acid groups (broad SMARTS) is 1. The molecule has 6 nitrogen and oxygen atoms in total. The van der Waals surface area contributed by atoms with Crippen LogP contribution in [0.5, 0.6) is 0 Å². The number of hydrogen-bond acceptors (Lipinski definition) is 4. The monoisotopic (exact) mass is 325 g/mol. The highest BCUT2D eigenvalue weighted by Gasteiger charge is 2.45. The Kier molecular flexibility index (Phi) is 3.91. The van der Waals surface area contributed by atoms with Gasteiger partial charge in [0.15, 0.2) is 6.04 Å². The molecule has 0 spiro atoms. The first-order valence-electron chi connectivity index (χ1n) is 7.40. The first kappa shape index (κ1) is 15.9. The van der Waals surface area contributed by atoms with E-state index in [4.69, 9.17) is 0 Å². The van der Waals surface area contributed by atoms with Gasteiger partial charge in [0.2, 0.25) is 0 Å². The van der Waals surface area contributed by atoms with Gasteiger partial charge in [-0.05, 0) is 30.2 Å². The summed E-state index contributed by atoms with van der Waals surface area (Å²) >= 11 is 0. The molecule has 2 amide bonds. The Morgan fingerprint density at radius 3 is 2.17 bits per heavy atom. The van der Waals surface area contributed by atoms with Crippen LogP contribution < -0.4 is 0 Å². The first-order valence-corrected chi connectivity index (χ1v) is 7.40. The quantitative estimate of drug-likeness (QED) is 0.836. The average Bonchev–Trinajstić information content (AvgIpc) is 2.80. The minimum atomic E-state index is -1.61. The second kappa shape index (κ2) is 5.90. The molecule has 2 atom stereocenters. The van der Waals surface area contributed by atoms with Gasteiger partial charge in [0, 0.05) is 0 Å². The number of benzene rings is 2. The van der Waals surface area contributed by atoms with Crippen molar-refractivity contribution < 1.29 is 24.6 Å². The molecule has 3 rings (SSSR count). The normalized spacial score (nSPS) is 16.0. The largest absolute Gasteiger partial charge is 0.480 e. The highest BCUT2D eigenvalue weighted by molar-refractivity contribution is 6.23. The van der Waals surface area contributed by atoms with Crippen LogP contribution in [0.4, 0.5) is 0 Å². The molecule has 6 heteroatoms. The molecule has 2 aromatic carbocycles. The van der Waals surface area contributed by atoms with Gasteiger partial charge in [-0.3, -0.25) is 14.5 Å². The number of imide groups is 1. The van der Waals surface area contributed by atoms with E-state index in [0.717, 1.165) is 11.1 Å². The van der Waals surface area contributed by atoms with E-state index in [1.165, 1.54) is 13.0 Å². The number of rotatable bonds is 4. The summed E-state index contributed by atoms with van der Waals surface area (Å²) in [5.74, 6) is -2.84. The molecule has 2 N–H and O–H groups in total. The number of carboxylic acids is 1. The molecular weight excluding hydrogens is 310 g/mol. The van der Waals surface area contributed by atoms with Crippen LogP contribution in [0.2, 0.25) is 0 Å². The van der Waals surface area contributed by atoms with E-state index in [1.807, 2.05) is 30.3 Å². The Morgan fingerprint density at radius 1 is 0.958 bits per heavy atom. The van der Waals surface area contributed by atoms with E-state index in [1.54, 1.807) is 12.1 Å². The lowest BCUT2D eigenvalue weighted by Gasteiger charge is -2.24. The molecule has 1 aliphatic heterocycles. The molecule has 0 radical (unpaired) electrons. The summed E-state index contributed by atoms with van der Waals surface area (Å²) in [5.41, 5.74) is 1.92. The molecule has 1 heterocycles. The number of nitrogens with zero attached hydrogens (tertiary/aromatic N) is 1. The zero-order valence-electron chi connectivity index (χ0n) is 12.8. The first-order chi connectivity index (χ1) is 11.4. The standard InChI is InChI=1S/C18H15NO5/c1-10(20)15(18(23)24)19-16(21)13-8-7-12(9-14(13)17(19)22)11-5-3-2-4-6-11/h2-10,15,20H,1H3,(H,23,24)/t10-,15+/m1/s1. The zero-order chi connectivity index (χ0) is 17.4. The van der Waals surface area contributed by atoms with Gasteiger partial charge in [-0.15, -0.1) is 0 Å². The molecular formula is C18H15NO5. The molecule has 0 aliphatic carbocycles. The Morgan fingerprint density at radius 2 is 1.58 bits per heavy atom. The van der Waals surface area contributed by atoms with Gasteiger partial charge >= 0.3 is 5.97 Å². The van der Waals surface area contributed by atoms with Crippen molar-refractivity contribution in [2.45, 2.75) is 19.1 Å². The van der Waals surface area contributed by atoms with Crippen LogP contribution in [0.1, 0.15) is 27.6 Å². The molecule has 0 unspecified atom stereocenters. The van der Waals surface area contributed by atoms with Gasteiger partial charge in [-0.1, -0.05) is 36.4 Å². The summed E-state index contributed by atoms with van der Waals surface area (Å²) in [6, 6.07) is 12.5. The number of carbonyl (C=O) groups excluding carboxylic acids is 2. The molecule has 122 valence electrons. The maximum atomic E-state index is 12.6. The predicted octanol–water partition coefficient (Wildman–Crippen LogP) is 1.78. The van der Waals surface area contributed by atoms with Gasteiger partial charge in [0.1, 0.15) is 0 Å². The van der Waals surface area contributed by atoms with Crippen molar-refractivity contribution in [3.8, 4) is 11.1 Å². The highest BCUT2D eigenvalue weighted by Crippen LogP contribution is 2.30. The molecule has 0 aromatic heterocycles. The fourth-order valence-electron chi connectivity index (χ4n) is 2.85. The molecule has 24 heavy (non-hydrogen) atoms. The van der Waals surface area contributed by atoms with Crippen molar-refractivity contribution in [2.75, 3.05) is 0 Å². The predicted molar refractivity (Wildman–Crippen MR) is 85.5 cm³/mol. The molecule has 0 fully saturated rings. The number of carbonyl (C=O) groups is 3. The van der Waals surface area contributed by atoms with Crippen LogP contribution >= 0.6 is 0 Å². The van der Waals surface area contributed by atoms with E-state index in [2.05, 4.69) is 0 Å². The van der Waals surface area contributed by atoms with Crippen molar-refractivity contribution in [2.24, 2.45) is 0 Å². The maximum Gasteiger partial charge on any atom is 0.329 e. The van der Waals surface area contributed by atoms with E-state index in [0.29, 0.717) is 4.90 Å². The van der Waals surface area contributed by atoms with E-state index in [9.17, 15) is 24.6 Å². The summed E-state index contributed by atoms with van der Waals surface area (Å²) in [6.45, 7) is 1.23. The van der Waals surface area contributed by atoms with Crippen molar-refractivity contribution in [3.63, 3.8) is 0 Å². The number of amides is 2. The molecule has 0 bridgehead atoms. The lowest BCUT2D eigenvalue weighted by atomic mass is 10.0. The van der Waals surface area contributed by atoms with Crippen LogP contribution in [0.15, 0.2) is 48.5 Å². The molecule has 0 saturated heterocycles. The Balaban J connectivity index is 2.05. The van der Waals surface area contributed by atoms with Crippen molar-refractivity contribution in [1.29, 1.82) is 0 Å². The third-order valence-electron chi connectivity index (χ3n) is 4.01.